The highest BCUT2D eigenvalue weighted by Crippen LogP contribution is 2.23. The lowest BCUT2D eigenvalue weighted by Crippen LogP contribution is -2.36. The lowest BCUT2D eigenvalue weighted by Gasteiger charge is -2.19. The number of hydrogen-bond donors (Lipinski definition) is 2. The van der Waals surface area contributed by atoms with Gasteiger partial charge in [-0.15, -0.1) is 11.3 Å². The van der Waals surface area contributed by atoms with Crippen LogP contribution in [0.3, 0.4) is 0 Å². The van der Waals surface area contributed by atoms with E-state index in [1.807, 2.05) is 11.4 Å². The molecule has 2 rings (SSSR count). The molecule has 1 aromatic heterocycles. The SMILES string of the molecule is COC1CCCC1NCc1sccc1N. The van der Waals surface area contributed by atoms with Gasteiger partial charge < -0.3 is 15.8 Å². The molecular formula is C11H18N2OS. The smallest absolute Gasteiger partial charge is 0.0724 e. The van der Waals surface area contributed by atoms with Crippen molar-refractivity contribution in [2.24, 2.45) is 0 Å². The first kappa shape index (κ1) is 10.9. The standard InChI is InChI=1S/C11H18N2OS/c1-14-10-4-2-3-9(10)13-7-11-8(12)5-6-15-11/h5-6,9-10,13H,2-4,7,12H2,1H3. The molecule has 2 unspecified atom stereocenters. The van der Waals surface area contributed by atoms with Gasteiger partial charge in [0, 0.05) is 30.3 Å². The van der Waals surface area contributed by atoms with E-state index < -0.39 is 0 Å². The third-order valence-electron chi connectivity index (χ3n) is 3.06. The Bertz CT molecular complexity index is 313. The van der Waals surface area contributed by atoms with E-state index in [0.29, 0.717) is 12.1 Å². The van der Waals surface area contributed by atoms with Crippen LogP contribution in [0.4, 0.5) is 5.69 Å². The average Bonchev–Trinajstić information content (AvgIpc) is 2.83. The molecule has 1 saturated carbocycles. The van der Waals surface area contributed by atoms with Crippen LogP contribution in [0.1, 0.15) is 24.1 Å². The highest BCUT2D eigenvalue weighted by atomic mass is 32.1. The molecule has 4 heteroatoms. The maximum atomic E-state index is 5.83. The number of hydrogen-bond acceptors (Lipinski definition) is 4. The Kier molecular flexibility index (Phi) is 3.61. The van der Waals surface area contributed by atoms with E-state index in [1.54, 1.807) is 18.4 Å². The van der Waals surface area contributed by atoms with Crippen molar-refractivity contribution in [1.82, 2.24) is 5.32 Å². The minimum Gasteiger partial charge on any atom is -0.398 e. The molecule has 84 valence electrons. The molecule has 0 saturated heterocycles. The van der Waals surface area contributed by atoms with Gasteiger partial charge in [-0.2, -0.15) is 0 Å². The van der Waals surface area contributed by atoms with E-state index in [4.69, 9.17) is 10.5 Å². The summed E-state index contributed by atoms with van der Waals surface area (Å²) in [5, 5.41) is 5.57. The van der Waals surface area contributed by atoms with E-state index in [2.05, 4.69) is 5.32 Å². The molecule has 1 aliphatic rings. The number of anilines is 1. The van der Waals surface area contributed by atoms with E-state index in [9.17, 15) is 0 Å². The Labute approximate surface area is 94.6 Å². The van der Waals surface area contributed by atoms with Crippen LogP contribution in [0.25, 0.3) is 0 Å². The molecule has 0 aromatic carbocycles. The third-order valence-corrected chi connectivity index (χ3v) is 4.00. The number of nitrogens with one attached hydrogen (secondary N) is 1. The number of ether oxygens (including phenoxy) is 1. The molecule has 2 atom stereocenters. The normalized spacial score (nSPS) is 25.9. The van der Waals surface area contributed by atoms with Gasteiger partial charge >= 0.3 is 0 Å². The van der Waals surface area contributed by atoms with Gasteiger partial charge in [-0.05, 0) is 30.7 Å². The first-order chi connectivity index (χ1) is 7.31. The second kappa shape index (κ2) is 4.96. The Morgan fingerprint density at radius 1 is 1.60 bits per heavy atom. The van der Waals surface area contributed by atoms with Crippen LogP contribution in [0, 0.1) is 0 Å². The summed E-state index contributed by atoms with van der Waals surface area (Å²) in [6.07, 6.45) is 4.03. The van der Waals surface area contributed by atoms with Gasteiger partial charge in [-0.1, -0.05) is 0 Å². The zero-order chi connectivity index (χ0) is 10.7. The van der Waals surface area contributed by atoms with Crippen LogP contribution in [0.5, 0.6) is 0 Å². The number of thiophene rings is 1. The van der Waals surface area contributed by atoms with Crippen molar-refractivity contribution in [1.29, 1.82) is 0 Å². The monoisotopic (exact) mass is 226 g/mol. The van der Waals surface area contributed by atoms with Gasteiger partial charge in [-0.3, -0.25) is 0 Å². The van der Waals surface area contributed by atoms with E-state index in [0.717, 1.165) is 12.2 Å². The molecule has 1 aromatic rings. The van der Waals surface area contributed by atoms with Gasteiger partial charge in [0.05, 0.1) is 6.10 Å². The first-order valence-corrected chi connectivity index (χ1v) is 6.27. The summed E-state index contributed by atoms with van der Waals surface area (Å²) in [5.41, 5.74) is 6.73. The molecule has 1 aliphatic carbocycles. The summed E-state index contributed by atoms with van der Waals surface area (Å²) in [4.78, 5) is 1.23. The largest absolute Gasteiger partial charge is 0.398 e. The second-order valence-corrected chi connectivity index (χ2v) is 4.99. The fraction of sp³-hybridized carbons (Fsp3) is 0.636. The van der Waals surface area contributed by atoms with Crippen molar-refractivity contribution in [3.8, 4) is 0 Å². The average molecular weight is 226 g/mol. The van der Waals surface area contributed by atoms with Crippen molar-refractivity contribution in [2.45, 2.75) is 38.0 Å². The zero-order valence-electron chi connectivity index (χ0n) is 9.03. The van der Waals surface area contributed by atoms with Gasteiger partial charge in [0.1, 0.15) is 0 Å². The quantitative estimate of drug-likeness (QED) is 0.825. The number of rotatable bonds is 4. The Morgan fingerprint density at radius 3 is 3.13 bits per heavy atom. The fourth-order valence-corrected chi connectivity index (χ4v) is 2.91. The number of nitrogen functional groups attached to an aromatic ring is 1. The minimum atomic E-state index is 0.381. The molecule has 3 nitrogen and oxygen atoms in total. The maximum Gasteiger partial charge on any atom is 0.0724 e. The van der Waals surface area contributed by atoms with Gasteiger partial charge in [0.2, 0.25) is 0 Å². The Balaban J connectivity index is 1.85. The van der Waals surface area contributed by atoms with E-state index in [1.165, 1.54) is 24.1 Å². The summed E-state index contributed by atoms with van der Waals surface area (Å²) in [5.74, 6) is 0. The highest BCUT2D eigenvalue weighted by Gasteiger charge is 2.26. The Morgan fingerprint density at radius 2 is 2.47 bits per heavy atom. The van der Waals surface area contributed by atoms with Crippen molar-refractivity contribution in [3.63, 3.8) is 0 Å². The van der Waals surface area contributed by atoms with Crippen LogP contribution in [-0.2, 0) is 11.3 Å². The molecule has 0 radical (unpaired) electrons. The van der Waals surface area contributed by atoms with Crippen molar-refractivity contribution >= 4 is 17.0 Å². The van der Waals surface area contributed by atoms with Crippen LogP contribution in [0.15, 0.2) is 11.4 Å². The summed E-state index contributed by atoms with van der Waals surface area (Å²) in [6, 6.07) is 2.46. The summed E-state index contributed by atoms with van der Waals surface area (Å²) >= 11 is 1.71. The molecule has 15 heavy (non-hydrogen) atoms. The fourth-order valence-electron chi connectivity index (χ4n) is 2.16. The topological polar surface area (TPSA) is 47.3 Å². The summed E-state index contributed by atoms with van der Waals surface area (Å²) < 4.78 is 5.43. The summed E-state index contributed by atoms with van der Waals surface area (Å²) in [6.45, 7) is 0.869. The molecule has 0 amide bonds. The van der Waals surface area contributed by atoms with Gasteiger partial charge in [0.25, 0.3) is 0 Å². The van der Waals surface area contributed by atoms with Crippen LogP contribution in [-0.4, -0.2) is 19.3 Å². The lowest BCUT2D eigenvalue weighted by atomic mass is 10.2. The van der Waals surface area contributed by atoms with Crippen LogP contribution < -0.4 is 11.1 Å². The summed E-state index contributed by atoms with van der Waals surface area (Å²) in [7, 11) is 1.80. The van der Waals surface area contributed by atoms with Crippen LogP contribution in [0.2, 0.25) is 0 Å². The number of methoxy groups -OCH3 is 1. The molecule has 1 fully saturated rings. The second-order valence-electron chi connectivity index (χ2n) is 3.99. The van der Waals surface area contributed by atoms with Crippen molar-refractivity contribution in [2.75, 3.05) is 12.8 Å². The molecule has 3 N–H and O–H groups in total. The van der Waals surface area contributed by atoms with E-state index in [-0.39, 0.29) is 0 Å². The van der Waals surface area contributed by atoms with Gasteiger partial charge in [0.15, 0.2) is 0 Å². The predicted molar refractivity (Wildman–Crippen MR) is 64.0 cm³/mol. The van der Waals surface area contributed by atoms with Crippen molar-refractivity contribution in [3.05, 3.63) is 16.3 Å². The molecule has 0 bridgehead atoms. The molecule has 0 aliphatic heterocycles. The zero-order valence-corrected chi connectivity index (χ0v) is 9.85. The first-order valence-electron chi connectivity index (χ1n) is 5.39. The van der Waals surface area contributed by atoms with Crippen LogP contribution >= 0.6 is 11.3 Å². The van der Waals surface area contributed by atoms with Crippen molar-refractivity contribution < 1.29 is 4.74 Å². The Hall–Kier alpha value is -0.580. The molecule has 1 heterocycles. The third kappa shape index (κ3) is 2.51. The van der Waals surface area contributed by atoms with Gasteiger partial charge in [-0.25, -0.2) is 0 Å². The predicted octanol–water partition coefficient (Wildman–Crippen LogP) is 1.99. The molecule has 0 spiro atoms. The lowest BCUT2D eigenvalue weighted by molar-refractivity contribution is 0.0848. The van der Waals surface area contributed by atoms with E-state index >= 15 is 0 Å². The highest BCUT2D eigenvalue weighted by molar-refractivity contribution is 7.10. The minimum absolute atomic E-state index is 0.381. The number of nitrogens with two attached hydrogens (primary N) is 1. The molecular weight excluding hydrogens is 208 g/mol. The maximum absolute atomic E-state index is 5.83.